The quantitative estimate of drug-likeness (QED) is 0.629. The van der Waals surface area contributed by atoms with Gasteiger partial charge in [0, 0.05) is 31.1 Å². The average Bonchev–Trinajstić information content (AvgIpc) is 3.23. The molecule has 1 aromatic heterocycles. The predicted molar refractivity (Wildman–Crippen MR) is 121 cm³/mol. The van der Waals surface area contributed by atoms with Crippen LogP contribution in [0.4, 0.5) is 6.01 Å². The van der Waals surface area contributed by atoms with Gasteiger partial charge in [-0.2, -0.15) is 4.98 Å². The molecule has 164 valence electrons. The zero-order chi connectivity index (χ0) is 21.8. The van der Waals surface area contributed by atoms with Gasteiger partial charge in [-0.05, 0) is 45.1 Å². The van der Waals surface area contributed by atoms with Gasteiger partial charge < -0.3 is 24.3 Å². The van der Waals surface area contributed by atoms with E-state index in [2.05, 4.69) is 26.2 Å². The molecule has 1 N–H and O–H groups in total. The third kappa shape index (κ3) is 4.66. The minimum absolute atomic E-state index is 0.00103. The number of benzene rings is 2. The molecule has 1 aliphatic heterocycles. The lowest BCUT2D eigenvalue weighted by molar-refractivity contribution is -0.125. The van der Waals surface area contributed by atoms with Crippen LogP contribution in [0.2, 0.25) is 0 Å². The van der Waals surface area contributed by atoms with E-state index in [-0.39, 0.29) is 17.9 Å². The van der Waals surface area contributed by atoms with Gasteiger partial charge in [0.2, 0.25) is 5.91 Å². The Bertz CT molecular complexity index is 991. The van der Waals surface area contributed by atoms with E-state index in [9.17, 15) is 4.79 Å². The van der Waals surface area contributed by atoms with Crippen LogP contribution in [0, 0.1) is 5.92 Å². The largest absolute Gasteiger partial charge is 0.496 e. The molecule has 1 unspecified atom stereocenters. The highest BCUT2D eigenvalue weighted by molar-refractivity contribution is 5.79. The molecule has 1 aliphatic rings. The summed E-state index contributed by atoms with van der Waals surface area (Å²) in [7, 11) is 5.71. The monoisotopic (exact) mass is 422 g/mol. The smallest absolute Gasteiger partial charge is 0.298 e. The van der Waals surface area contributed by atoms with Crippen molar-refractivity contribution in [2.75, 3.05) is 45.7 Å². The van der Waals surface area contributed by atoms with Gasteiger partial charge in [-0.25, -0.2) is 0 Å². The summed E-state index contributed by atoms with van der Waals surface area (Å²) in [4.78, 5) is 21.7. The van der Waals surface area contributed by atoms with Crippen LogP contribution in [-0.4, -0.2) is 56.6 Å². The molecular weight excluding hydrogens is 392 g/mol. The Kier molecular flexibility index (Phi) is 6.42. The number of amides is 1. The highest BCUT2D eigenvalue weighted by Gasteiger charge is 2.28. The van der Waals surface area contributed by atoms with E-state index in [1.54, 1.807) is 7.11 Å². The van der Waals surface area contributed by atoms with Crippen LogP contribution in [-0.2, 0) is 4.79 Å². The Morgan fingerprint density at radius 1 is 1.19 bits per heavy atom. The molecule has 3 aromatic rings. The lowest BCUT2D eigenvalue weighted by Crippen LogP contribution is -2.43. The molecule has 1 fully saturated rings. The number of methoxy groups -OCH3 is 1. The molecule has 2 aromatic carbocycles. The number of fused-ring (bicyclic) bond motifs is 1. The van der Waals surface area contributed by atoms with Crippen LogP contribution in [0.1, 0.15) is 24.4 Å². The minimum Gasteiger partial charge on any atom is -0.496 e. The second-order valence-electron chi connectivity index (χ2n) is 8.19. The Labute approximate surface area is 183 Å². The first-order chi connectivity index (χ1) is 15.1. The van der Waals surface area contributed by atoms with Crippen molar-refractivity contribution >= 4 is 23.0 Å². The Hall–Kier alpha value is -3.06. The van der Waals surface area contributed by atoms with Gasteiger partial charge in [-0.15, -0.1) is 0 Å². The van der Waals surface area contributed by atoms with E-state index in [1.165, 1.54) is 0 Å². The summed E-state index contributed by atoms with van der Waals surface area (Å²) < 4.78 is 11.4. The molecule has 31 heavy (non-hydrogen) atoms. The third-order valence-corrected chi connectivity index (χ3v) is 6.01. The molecule has 0 saturated carbocycles. The summed E-state index contributed by atoms with van der Waals surface area (Å²) in [5.74, 6) is 0.946. The molecular formula is C24H30N4O3. The number of nitrogens with one attached hydrogen (secondary N) is 1. The fraction of sp³-hybridized carbons (Fsp3) is 0.417. The molecule has 1 saturated heterocycles. The Balaban J connectivity index is 1.34. The van der Waals surface area contributed by atoms with Crippen molar-refractivity contribution in [2.45, 2.75) is 18.9 Å². The highest BCUT2D eigenvalue weighted by atomic mass is 16.5. The van der Waals surface area contributed by atoms with Crippen LogP contribution < -0.4 is 15.0 Å². The number of likely N-dealkylation sites (N-methyl/N-ethyl adjacent to an activating group) is 1. The zero-order valence-corrected chi connectivity index (χ0v) is 18.4. The zero-order valence-electron chi connectivity index (χ0n) is 18.4. The SMILES string of the molecule is COc1ccccc1C(CNC(=O)C1CCN(c2nc3ccccc3o2)CC1)N(C)C. The van der Waals surface area contributed by atoms with Crippen LogP contribution >= 0.6 is 0 Å². The van der Waals surface area contributed by atoms with Crippen LogP contribution in [0.5, 0.6) is 5.75 Å². The van der Waals surface area contributed by atoms with Gasteiger partial charge in [0.05, 0.1) is 13.2 Å². The number of nitrogens with zero attached hydrogens (tertiary/aromatic N) is 3. The van der Waals surface area contributed by atoms with Gasteiger partial charge in [0.15, 0.2) is 5.58 Å². The summed E-state index contributed by atoms with van der Waals surface area (Å²) in [6.07, 6.45) is 1.57. The van der Waals surface area contributed by atoms with Crippen molar-refractivity contribution in [3.63, 3.8) is 0 Å². The van der Waals surface area contributed by atoms with Gasteiger partial charge in [-0.3, -0.25) is 4.79 Å². The topological polar surface area (TPSA) is 70.8 Å². The number of piperidine rings is 1. The first-order valence-corrected chi connectivity index (χ1v) is 10.7. The molecule has 4 rings (SSSR count). The van der Waals surface area contributed by atoms with Crippen LogP contribution in [0.15, 0.2) is 52.9 Å². The number of ether oxygens (including phenoxy) is 1. The molecule has 0 spiro atoms. The molecule has 1 amide bonds. The van der Waals surface area contributed by atoms with Gasteiger partial charge in [-0.1, -0.05) is 30.3 Å². The first-order valence-electron chi connectivity index (χ1n) is 10.7. The number of anilines is 1. The number of oxazole rings is 1. The fourth-order valence-corrected chi connectivity index (χ4v) is 4.18. The molecule has 1 atom stereocenters. The molecule has 7 nitrogen and oxygen atoms in total. The number of carbonyl (C=O) groups is 1. The average molecular weight is 423 g/mol. The second kappa shape index (κ2) is 9.39. The molecule has 7 heteroatoms. The standard InChI is InChI=1S/C24H30N4O3/c1-27(2)20(18-8-4-6-10-21(18)30-3)16-25-23(29)17-12-14-28(15-13-17)24-26-19-9-5-7-11-22(19)31-24/h4-11,17,20H,12-16H2,1-3H3,(H,25,29). The maximum absolute atomic E-state index is 12.9. The van der Waals surface area contributed by atoms with E-state index >= 15 is 0 Å². The van der Waals surface area contributed by atoms with Crippen molar-refractivity contribution in [2.24, 2.45) is 5.92 Å². The van der Waals surface area contributed by atoms with Crippen molar-refractivity contribution in [1.82, 2.24) is 15.2 Å². The lowest BCUT2D eigenvalue weighted by atomic mass is 9.95. The second-order valence-corrected chi connectivity index (χ2v) is 8.19. The summed E-state index contributed by atoms with van der Waals surface area (Å²) in [5, 5.41) is 3.17. The molecule has 0 aliphatic carbocycles. The maximum atomic E-state index is 12.9. The number of aromatic nitrogens is 1. The van der Waals surface area contributed by atoms with Crippen molar-refractivity contribution in [3.8, 4) is 5.75 Å². The van der Waals surface area contributed by atoms with E-state index < -0.39 is 0 Å². The summed E-state index contributed by atoms with van der Waals surface area (Å²) in [5.41, 5.74) is 2.73. The lowest BCUT2D eigenvalue weighted by Gasteiger charge is -2.31. The Morgan fingerprint density at radius 3 is 2.61 bits per heavy atom. The number of para-hydroxylation sites is 3. The highest BCUT2D eigenvalue weighted by Crippen LogP contribution is 2.29. The van der Waals surface area contributed by atoms with Gasteiger partial charge >= 0.3 is 0 Å². The maximum Gasteiger partial charge on any atom is 0.298 e. The van der Waals surface area contributed by atoms with E-state index in [0.717, 1.165) is 48.3 Å². The first kappa shape index (κ1) is 21.2. The normalized spacial score (nSPS) is 15.9. The third-order valence-electron chi connectivity index (χ3n) is 6.01. The number of carbonyl (C=O) groups excluding carboxylic acids is 1. The van der Waals surface area contributed by atoms with Crippen molar-refractivity contribution in [3.05, 3.63) is 54.1 Å². The van der Waals surface area contributed by atoms with Gasteiger partial charge in [0.25, 0.3) is 6.01 Å². The number of hydrogen-bond donors (Lipinski definition) is 1. The van der Waals surface area contributed by atoms with Gasteiger partial charge in [0.1, 0.15) is 11.3 Å². The Morgan fingerprint density at radius 2 is 1.90 bits per heavy atom. The van der Waals surface area contributed by atoms with E-state index in [4.69, 9.17) is 9.15 Å². The number of hydrogen-bond acceptors (Lipinski definition) is 6. The summed E-state index contributed by atoms with van der Waals surface area (Å²) in [6, 6.07) is 16.4. The van der Waals surface area contributed by atoms with E-state index in [1.807, 2.05) is 56.6 Å². The summed E-state index contributed by atoms with van der Waals surface area (Å²) >= 11 is 0. The molecule has 0 bridgehead atoms. The van der Waals surface area contributed by atoms with Crippen molar-refractivity contribution in [1.29, 1.82) is 0 Å². The molecule has 0 radical (unpaired) electrons. The van der Waals surface area contributed by atoms with Crippen LogP contribution in [0.25, 0.3) is 11.1 Å². The van der Waals surface area contributed by atoms with E-state index in [0.29, 0.717) is 12.6 Å². The minimum atomic E-state index is 0.00103. The summed E-state index contributed by atoms with van der Waals surface area (Å²) in [6.45, 7) is 2.06. The predicted octanol–water partition coefficient (Wildman–Crippen LogP) is 3.47. The fourth-order valence-electron chi connectivity index (χ4n) is 4.18. The van der Waals surface area contributed by atoms with Crippen LogP contribution in [0.3, 0.4) is 0 Å². The number of rotatable bonds is 7. The molecule has 2 heterocycles. The van der Waals surface area contributed by atoms with Crippen molar-refractivity contribution < 1.29 is 13.9 Å².